The molecule has 2 aromatic rings. The number of aromatic amines is 1. The van der Waals surface area contributed by atoms with Crippen molar-refractivity contribution in [1.82, 2.24) is 14.9 Å². The Morgan fingerprint density at radius 3 is 2.65 bits per heavy atom. The number of aromatic nitrogens is 2. The second-order valence-electron chi connectivity index (χ2n) is 6.59. The highest BCUT2D eigenvalue weighted by Crippen LogP contribution is 2.35. The van der Waals surface area contributed by atoms with Crippen LogP contribution in [0.4, 0.5) is 0 Å². The summed E-state index contributed by atoms with van der Waals surface area (Å²) in [5, 5.41) is 0.120. The molecule has 2 heterocycles. The molecule has 138 valence electrons. The number of H-pyrrole nitrogens is 1. The van der Waals surface area contributed by atoms with E-state index in [0.717, 1.165) is 50.0 Å². The van der Waals surface area contributed by atoms with E-state index in [2.05, 4.69) is 16.9 Å². The van der Waals surface area contributed by atoms with Gasteiger partial charge in [0, 0.05) is 24.8 Å². The zero-order chi connectivity index (χ0) is 18.4. The van der Waals surface area contributed by atoms with Crippen molar-refractivity contribution in [2.45, 2.75) is 49.4 Å². The third-order valence-electron chi connectivity index (χ3n) is 4.50. The van der Waals surface area contributed by atoms with Gasteiger partial charge in [-0.25, -0.2) is 4.98 Å². The summed E-state index contributed by atoms with van der Waals surface area (Å²) in [6.45, 7) is 3.67. The number of rotatable bonds is 6. The van der Waals surface area contributed by atoms with E-state index >= 15 is 0 Å². The van der Waals surface area contributed by atoms with Gasteiger partial charge in [0.1, 0.15) is 5.25 Å². The second kappa shape index (κ2) is 9.03. The van der Waals surface area contributed by atoms with E-state index in [9.17, 15) is 9.59 Å². The lowest BCUT2D eigenvalue weighted by Gasteiger charge is -2.30. The van der Waals surface area contributed by atoms with E-state index in [1.165, 1.54) is 24.2 Å². The number of thioether (sulfide) groups is 1. The van der Waals surface area contributed by atoms with Gasteiger partial charge in [0.15, 0.2) is 5.16 Å². The molecule has 0 spiro atoms. The number of benzene rings is 1. The van der Waals surface area contributed by atoms with Gasteiger partial charge in [0.05, 0.1) is 0 Å². The molecule has 3 rings (SSSR count). The summed E-state index contributed by atoms with van der Waals surface area (Å²) in [4.78, 5) is 34.4. The summed E-state index contributed by atoms with van der Waals surface area (Å²) in [6, 6.07) is 11.3. The molecule has 1 aliphatic heterocycles. The number of aryl methyl sites for hydroxylation is 1. The lowest BCUT2D eigenvalue weighted by molar-refractivity contribution is -0.131. The molecule has 1 aromatic carbocycles. The molecule has 0 saturated carbocycles. The van der Waals surface area contributed by atoms with E-state index in [-0.39, 0.29) is 11.5 Å². The Kier molecular flexibility index (Phi) is 6.50. The molecule has 0 aliphatic carbocycles. The van der Waals surface area contributed by atoms with Crippen molar-refractivity contribution in [2.24, 2.45) is 0 Å². The first-order valence-corrected chi connectivity index (χ1v) is 10.2. The molecule has 26 heavy (non-hydrogen) atoms. The highest BCUT2D eigenvalue weighted by molar-refractivity contribution is 8.00. The monoisotopic (exact) mass is 371 g/mol. The van der Waals surface area contributed by atoms with E-state index in [1.54, 1.807) is 0 Å². The van der Waals surface area contributed by atoms with Gasteiger partial charge in [-0.3, -0.25) is 9.59 Å². The molecule has 1 amide bonds. The molecule has 0 unspecified atom stereocenters. The molecule has 0 bridgehead atoms. The van der Waals surface area contributed by atoms with Crippen LogP contribution in [0.1, 0.15) is 49.1 Å². The third-order valence-corrected chi connectivity index (χ3v) is 5.63. The molecule has 1 atom stereocenters. The maximum absolute atomic E-state index is 13.2. The van der Waals surface area contributed by atoms with Crippen LogP contribution in [0.15, 0.2) is 46.3 Å². The summed E-state index contributed by atoms with van der Waals surface area (Å²) in [5.41, 5.74) is 1.55. The number of likely N-dealkylation sites (tertiary alicyclic amines) is 1. The standard InChI is InChI=1S/C20H25N3O2S/c1-2-9-16-14-17(24)22-20(21-16)26-18(15-10-5-3-6-11-15)19(25)23-12-7-4-8-13-23/h3,5-6,10-11,14,18H,2,4,7-9,12-13H2,1H3,(H,21,22,24)/t18-/m0/s1. The van der Waals surface area contributed by atoms with E-state index < -0.39 is 5.25 Å². The molecule has 6 heteroatoms. The molecule has 0 radical (unpaired) electrons. The highest BCUT2D eigenvalue weighted by atomic mass is 32.2. The second-order valence-corrected chi connectivity index (χ2v) is 7.68. The molecule has 1 N–H and O–H groups in total. The Morgan fingerprint density at radius 2 is 1.96 bits per heavy atom. The summed E-state index contributed by atoms with van der Waals surface area (Å²) in [7, 11) is 0. The molecular weight excluding hydrogens is 346 g/mol. The Morgan fingerprint density at radius 1 is 1.23 bits per heavy atom. The first-order chi connectivity index (χ1) is 12.7. The summed E-state index contributed by atoms with van der Waals surface area (Å²) < 4.78 is 0. The van der Waals surface area contributed by atoms with Gasteiger partial charge >= 0.3 is 0 Å². The Bertz CT molecular complexity index is 785. The van der Waals surface area contributed by atoms with Crippen molar-refractivity contribution >= 4 is 17.7 Å². The SMILES string of the molecule is CCCc1cc(=O)[nH]c(S[C@H](C(=O)N2CCCCC2)c2ccccc2)n1. The van der Waals surface area contributed by atoms with Gasteiger partial charge in [0.2, 0.25) is 5.91 Å². The predicted octanol–water partition coefficient (Wildman–Crippen LogP) is 3.57. The van der Waals surface area contributed by atoms with Crippen molar-refractivity contribution in [1.29, 1.82) is 0 Å². The van der Waals surface area contributed by atoms with Crippen molar-refractivity contribution in [3.8, 4) is 0 Å². The van der Waals surface area contributed by atoms with Gasteiger partial charge < -0.3 is 9.88 Å². The molecule has 1 aromatic heterocycles. The van der Waals surface area contributed by atoms with Crippen LogP contribution in [0, 0.1) is 0 Å². The summed E-state index contributed by atoms with van der Waals surface area (Å²) in [5.74, 6) is 0.101. The van der Waals surface area contributed by atoms with Gasteiger partial charge in [0.25, 0.3) is 5.56 Å². The smallest absolute Gasteiger partial charge is 0.251 e. The number of carbonyl (C=O) groups is 1. The van der Waals surface area contributed by atoms with Crippen molar-refractivity contribution in [2.75, 3.05) is 13.1 Å². The first kappa shape index (κ1) is 18.7. The van der Waals surface area contributed by atoms with Crippen LogP contribution >= 0.6 is 11.8 Å². The lowest BCUT2D eigenvalue weighted by atomic mass is 10.1. The summed E-state index contributed by atoms with van der Waals surface area (Å²) >= 11 is 1.34. The minimum absolute atomic E-state index is 0.101. The minimum Gasteiger partial charge on any atom is -0.341 e. The topological polar surface area (TPSA) is 66.1 Å². The van der Waals surface area contributed by atoms with E-state index in [0.29, 0.717) is 5.16 Å². The normalized spacial score (nSPS) is 15.7. The number of hydrogen-bond donors (Lipinski definition) is 1. The zero-order valence-electron chi connectivity index (χ0n) is 15.1. The van der Waals surface area contributed by atoms with Gasteiger partial charge in [-0.2, -0.15) is 0 Å². The van der Waals surface area contributed by atoms with E-state index in [1.807, 2.05) is 35.2 Å². The van der Waals surface area contributed by atoms with Crippen LogP contribution < -0.4 is 5.56 Å². The molecule has 1 aliphatic rings. The van der Waals surface area contributed by atoms with Crippen LogP contribution in [0.3, 0.4) is 0 Å². The number of piperidine rings is 1. The lowest BCUT2D eigenvalue weighted by Crippen LogP contribution is -2.38. The fourth-order valence-corrected chi connectivity index (χ4v) is 4.30. The fourth-order valence-electron chi connectivity index (χ4n) is 3.20. The summed E-state index contributed by atoms with van der Waals surface area (Å²) in [6.07, 6.45) is 4.97. The first-order valence-electron chi connectivity index (χ1n) is 9.28. The molecule has 1 fully saturated rings. The minimum atomic E-state index is -0.394. The van der Waals surface area contributed by atoms with Gasteiger partial charge in [-0.15, -0.1) is 0 Å². The Hall–Kier alpha value is -2.08. The third kappa shape index (κ3) is 4.75. The number of hydrogen-bond acceptors (Lipinski definition) is 4. The van der Waals surface area contributed by atoms with Crippen LogP contribution in [-0.2, 0) is 11.2 Å². The largest absolute Gasteiger partial charge is 0.341 e. The number of amides is 1. The molecule has 1 saturated heterocycles. The number of nitrogens with zero attached hydrogens (tertiary/aromatic N) is 2. The quantitative estimate of drug-likeness (QED) is 0.623. The Labute approximate surface area is 158 Å². The average molecular weight is 372 g/mol. The van der Waals surface area contributed by atoms with Crippen LogP contribution in [0.25, 0.3) is 0 Å². The van der Waals surface area contributed by atoms with E-state index in [4.69, 9.17) is 0 Å². The van der Waals surface area contributed by atoms with Crippen LogP contribution in [0.2, 0.25) is 0 Å². The number of nitrogens with one attached hydrogen (secondary N) is 1. The zero-order valence-corrected chi connectivity index (χ0v) is 15.9. The average Bonchev–Trinajstić information content (AvgIpc) is 2.67. The Balaban J connectivity index is 1.89. The van der Waals surface area contributed by atoms with Crippen LogP contribution in [0.5, 0.6) is 0 Å². The molecular formula is C20H25N3O2S. The van der Waals surface area contributed by atoms with Crippen molar-refractivity contribution in [3.63, 3.8) is 0 Å². The van der Waals surface area contributed by atoms with Crippen molar-refractivity contribution < 1.29 is 4.79 Å². The molecule has 5 nitrogen and oxygen atoms in total. The van der Waals surface area contributed by atoms with Crippen molar-refractivity contribution in [3.05, 3.63) is 58.0 Å². The predicted molar refractivity (Wildman–Crippen MR) is 104 cm³/mol. The fraction of sp³-hybridized carbons (Fsp3) is 0.450. The maximum atomic E-state index is 13.2. The maximum Gasteiger partial charge on any atom is 0.251 e. The van der Waals surface area contributed by atoms with Gasteiger partial charge in [-0.05, 0) is 31.2 Å². The number of carbonyl (C=O) groups excluding carboxylic acids is 1. The van der Waals surface area contributed by atoms with Crippen LogP contribution in [-0.4, -0.2) is 33.9 Å². The highest BCUT2D eigenvalue weighted by Gasteiger charge is 2.28. The van der Waals surface area contributed by atoms with Gasteiger partial charge in [-0.1, -0.05) is 55.4 Å².